The molecule has 0 aliphatic heterocycles. The molecular formula is C15H17Cl2N3. The van der Waals surface area contributed by atoms with Gasteiger partial charge in [0.1, 0.15) is 5.82 Å². The van der Waals surface area contributed by atoms with E-state index in [4.69, 9.17) is 28.5 Å². The van der Waals surface area contributed by atoms with Crippen LogP contribution in [0.4, 0.5) is 0 Å². The van der Waals surface area contributed by atoms with Crippen LogP contribution in [0.1, 0.15) is 26.6 Å². The molecule has 0 amide bonds. The highest BCUT2D eigenvalue weighted by Crippen LogP contribution is 2.29. The molecule has 0 N–H and O–H groups in total. The van der Waals surface area contributed by atoms with Gasteiger partial charge in [0.05, 0.1) is 33.1 Å². The number of fused-ring (bicyclic) bond motifs is 1. The molecule has 0 bridgehead atoms. The van der Waals surface area contributed by atoms with Crippen LogP contribution in [-0.2, 0) is 13.0 Å². The van der Waals surface area contributed by atoms with Crippen LogP contribution in [0.2, 0.25) is 10.0 Å². The van der Waals surface area contributed by atoms with Crippen LogP contribution in [0, 0.1) is 23.2 Å². The normalized spacial score (nSPS) is 12.8. The van der Waals surface area contributed by atoms with E-state index in [1.165, 1.54) is 0 Å². The van der Waals surface area contributed by atoms with Crippen molar-refractivity contribution in [3.05, 3.63) is 28.0 Å². The van der Waals surface area contributed by atoms with Gasteiger partial charge in [0, 0.05) is 13.0 Å². The van der Waals surface area contributed by atoms with Gasteiger partial charge in [0.15, 0.2) is 0 Å². The number of benzene rings is 1. The molecule has 2 aromatic rings. The summed E-state index contributed by atoms with van der Waals surface area (Å²) in [5.74, 6) is 1.40. The summed E-state index contributed by atoms with van der Waals surface area (Å²) in [6.45, 7) is 6.82. The maximum Gasteiger partial charge on any atom is 0.110 e. The Bertz CT molecular complexity index is 668. The van der Waals surface area contributed by atoms with Gasteiger partial charge in [-0.3, -0.25) is 0 Å². The average Bonchev–Trinajstić information content (AvgIpc) is 2.67. The Morgan fingerprint density at radius 2 is 1.90 bits per heavy atom. The van der Waals surface area contributed by atoms with E-state index in [9.17, 15) is 0 Å². The highest BCUT2D eigenvalue weighted by Gasteiger charge is 2.15. The number of rotatable bonds is 4. The molecule has 0 saturated carbocycles. The van der Waals surface area contributed by atoms with E-state index in [-0.39, 0.29) is 5.92 Å². The zero-order valence-electron chi connectivity index (χ0n) is 11.8. The number of aromatic nitrogens is 2. The molecule has 1 aromatic heterocycles. The summed E-state index contributed by atoms with van der Waals surface area (Å²) in [6.07, 6.45) is 0.863. The summed E-state index contributed by atoms with van der Waals surface area (Å²) in [4.78, 5) is 4.65. The Balaban J connectivity index is 2.58. The minimum absolute atomic E-state index is 0.0761. The molecule has 1 unspecified atom stereocenters. The third kappa shape index (κ3) is 3.08. The van der Waals surface area contributed by atoms with Crippen molar-refractivity contribution >= 4 is 34.2 Å². The van der Waals surface area contributed by atoms with Crippen molar-refractivity contribution in [2.45, 2.75) is 33.7 Å². The average molecular weight is 310 g/mol. The third-order valence-electron chi connectivity index (χ3n) is 3.14. The molecule has 0 aliphatic rings. The van der Waals surface area contributed by atoms with Crippen LogP contribution in [-0.4, -0.2) is 9.55 Å². The van der Waals surface area contributed by atoms with Crippen molar-refractivity contribution in [1.29, 1.82) is 5.26 Å². The predicted octanol–water partition coefficient (Wildman–Crippen LogP) is 4.70. The number of hydrogen-bond donors (Lipinski definition) is 0. The van der Waals surface area contributed by atoms with Crippen molar-refractivity contribution in [2.24, 2.45) is 11.8 Å². The number of hydrogen-bond acceptors (Lipinski definition) is 2. The Morgan fingerprint density at radius 1 is 1.25 bits per heavy atom. The molecule has 1 atom stereocenters. The molecule has 2 rings (SSSR count). The Morgan fingerprint density at radius 3 is 2.50 bits per heavy atom. The molecule has 106 valence electrons. The molecule has 3 nitrogen and oxygen atoms in total. The molecule has 20 heavy (non-hydrogen) atoms. The number of halogens is 2. The summed E-state index contributed by atoms with van der Waals surface area (Å²) < 4.78 is 2.09. The van der Waals surface area contributed by atoms with Crippen molar-refractivity contribution < 1.29 is 0 Å². The maximum absolute atomic E-state index is 9.05. The second-order valence-electron chi connectivity index (χ2n) is 5.52. The van der Waals surface area contributed by atoms with Gasteiger partial charge < -0.3 is 4.57 Å². The third-order valence-corrected chi connectivity index (χ3v) is 3.86. The molecule has 0 fully saturated rings. The quantitative estimate of drug-likeness (QED) is 0.821. The smallest absolute Gasteiger partial charge is 0.110 e. The zero-order chi connectivity index (χ0) is 14.9. The van der Waals surface area contributed by atoms with Gasteiger partial charge in [-0.25, -0.2) is 4.98 Å². The highest BCUT2D eigenvalue weighted by atomic mass is 35.5. The van der Waals surface area contributed by atoms with Gasteiger partial charge in [0.25, 0.3) is 0 Å². The standard InChI is InChI=1S/C15H17Cl2N3/c1-9(2)4-15-19-13-5-11(16)12(17)6-14(13)20(15)8-10(3)7-18/h5-6,9-10H,4,8H2,1-3H3. The molecule has 0 aliphatic carbocycles. The van der Waals surface area contributed by atoms with Crippen molar-refractivity contribution in [1.82, 2.24) is 9.55 Å². The van der Waals surface area contributed by atoms with Crippen molar-refractivity contribution in [3.8, 4) is 6.07 Å². The van der Waals surface area contributed by atoms with Crippen LogP contribution in [0.3, 0.4) is 0 Å². The first-order valence-electron chi connectivity index (χ1n) is 6.66. The van der Waals surface area contributed by atoms with Gasteiger partial charge >= 0.3 is 0 Å². The van der Waals surface area contributed by atoms with Crippen molar-refractivity contribution in [2.75, 3.05) is 0 Å². The lowest BCUT2D eigenvalue weighted by atomic mass is 10.1. The Hall–Kier alpha value is -1.24. The largest absolute Gasteiger partial charge is 0.327 e. The maximum atomic E-state index is 9.05. The van der Waals surface area contributed by atoms with E-state index < -0.39 is 0 Å². The summed E-state index contributed by atoms with van der Waals surface area (Å²) in [7, 11) is 0. The van der Waals surface area contributed by atoms with Crippen LogP contribution in [0.15, 0.2) is 12.1 Å². The van der Waals surface area contributed by atoms with Gasteiger partial charge in [-0.1, -0.05) is 37.0 Å². The summed E-state index contributed by atoms with van der Waals surface area (Å²) in [6, 6.07) is 5.89. The second-order valence-corrected chi connectivity index (χ2v) is 6.34. The van der Waals surface area contributed by atoms with E-state index in [1.54, 1.807) is 6.07 Å². The Kier molecular flexibility index (Phi) is 4.57. The molecule has 0 saturated heterocycles. The lowest BCUT2D eigenvalue weighted by molar-refractivity contribution is 0.536. The molecule has 1 aromatic carbocycles. The predicted molar refractivity (Wildman–Crippen MR) is 83.1 cm³/mol. The zero-order valence-corrected chi connectivity index (χ0v) is 13.3. The highest BCUT2D eigenvalue weighted by molar-refractivity contribution is 6.42. The number of nitriles is 1. The fourth-order valence-corrected chi connectivity index (χ4v) is 2.53. The minimum Gasteiger partial charge on any atom is -0.327 e. The first kappa shape index (κ1) is 15.2. The van der Waals surface area contributed by atoms with E-state index in [0.717, 1.165) is 23.3 Å². The molecule has 5 heteroatoms. The summed E-state index contributed by atoms with van der Waals surface area (Å²) >= 11 is 12.2. The number of nitrogens with zero attached hydrogens (tertiary/aromatic N) is 3. The Labute approximate surface area is 129 Å². The van der Waals surface area contributed by atoms with Gasteiger partial charge in [-0.15, -0.1) is 0 Å². The number of imidazole rings is 1. The van der Waals surface area contributed by atoms with Gasteiger partial charge in [-0.05, 0) is 25.0 Å². The molecular weight excluding hydrogens is 293 g/mol. The summed E-state index contributed by atoms with van der Waals surface area (Å²) in [5, 5.41) is 10.1. The molecule has 1 heterocycles. The first-order chi connectivity index (χ1) is 9.42. The van der Waals surface area contributed by atoms with E-state index in [1.807, 2.05) is 13.0 Å². The SMILES string of the molecule is CC(C)Cc1nc2cc(Cl)c(Cl)cc2n1CC(C)C#N. The van der Waals surface area contributed by atoms with E-state index >= 15 is 0 Å². The second kappa shape index (κ2) is 6.03. The summed E-state index contributed by atoms with van der Waals surface area (Å²) in [5.41, 5.74) is 1.78. The fraction of sp³-hybridized carbons (Fsp3) is 0.467. The van der Waals surface area contributed by atoms with Crippen LogP contribution >= 0.6 is 23.2 Å². The van der Waals surface area contributed by atoms with Crippen LogP contribution < -0.4 is 0 Å². The first-order valence-corrected chi connectivity index (χ1v) is 7.41. The van der Waals surface area contributed by atoms with Gasteiger partial charge in [-0.2, -0.15) is 5.26 Å². The molecule has 0 radical (unpaired) electrons. The van der Waals surface area contributed by atoms with E-state index in [2.05, 4.69) is 29.5 Å². The fourth-order valence-electron chi connectivity index (χ4n) is 2.21. The van der Waals surface area contributed by atoms with E-state index in [0.29, 0.717) is 22.5 Å². The van der Waals surface area contributed by atoms with Crippen LogP contribution in [0.5, 0.6) is 0 Å². The lowest BCUT2D eigenvalue weighted by Crippen LogP contribution is -2.11. The monoisotopic (exact) mass is 309 g/mol. The van der Waals surface area contributed by atoms with Gasteiger partial charge in [0.2, 0.25) is 0 Å². The molecule has 0 spiro atoms. The van der Waals surface area contributed by atoms with Crippen molar-refractivity contribution in [3.63, 3.8) is 0 Å². The van der Waals surface area contributed by atoms with Crippen LogP contribution in [0.25, 0.3) is 11.0 Å². The lowest BCUT2D eigenvalue weighted by Gasteiger charge is -2.12. The topological polar surface area (TPSA) is 41.6 Å². The minimum atomic E-state index is -0.0761.